The number of benzene rings is 1. The number of hydrogen-bond donors (Lipinski definition) is 2. The van der Waals surface area contributed by atoms with Crippen LogP contribution in [0.5, 0.6) is 0 Å². The molecule has 1 atom stereocenters. The average molecular weight is 423 g/mol. The fourth-order valence-electron chi connectivity index (χ4n) is 2.33. The maximum absolute atomic E-state index is 12.5. The zero-order valence-electron chi connectivity index (χ0n) is 14.7. The Morgan fingerprint density at radius 3 is 2.82 bits per heavy atom. The number of carbonyl (C=O) groups excluding carboxylic acids is 1. The minimum Gasteiger partial charge on any atom is -0.469 e. The molecule has 0 aliphatic carbocycles. The number of thioether (sulfide) groups is 1. The van der Waals surface area contributed by atoms with Gasteiger partial charge in [0.05, 0.1) is 32.7 Å². The molecular formula is C16H15ClN6O4S. The van der Waals surface area contributed by atoms with Gasteiger partial charge in [-0.1, -0.05) is 23.4 Å². The van der Waals surface area contributed by atoms with Crippen LogP contribution in [0, 0.1) is 17.0 Å². The van der Waals surface area contributed by atoms with Crippen molar-refractivity contribution in [3.63, 3.8) is 0 Å². The number of nitro benzene ring substituents is 1. The largest absolute Gasteiger partial charge is 0.469 e. The van der Waals surface area contributed by atoms with Gasteiger partial charge in [-0.2, -0.15) is 0 Å². The molecule has 1 aromatic carbocycles. The van der Waals surface area contributed by atoms with E-state index in [0.717, 1.165) is 11.8 Å². The summed E-state index contributed by atoms with van der Waals surface area (Å²) in [5.41, 5.74) is 0.668. The summed E-state index contributed by atoms with van der Waals surface area (Å²) in [6.07, 6.45) is 1.52. The number of anilines is 1. The normalized spacial score (nSPS) is 12.0. The van der Waals surface area contributed by atoms with Crippen LogP contribution in [-0.4, -0.2) is 31.0 Å². The average Bonchev–Trinajstić information content (AvgIpc) is 3.22. The number of nitrogens with two attached hydrogens (primary N) is 1. The minimum absolute atomic E-state index is 0.150. The number of aryl methyl sites for hydroxylation is 1. The van der Waals surface area contributed by atoms with Gasteiger partial charge in [0, 0.05) is 12.1 Å². The Hall–Kier alpha value is -3.05. The van der Waals surface area contributed by atoms with E-state index in [1.807, 2.05) is 0 Å². The molecule has 0 saturated carbocycles. The van der Waals surface area contributed by atoms with Crippen molar-refractivity contribution in [1.29, 1.82) is 0 Å². The number of amides is 1. The van der Waals surface area contributed by atoms with Gasteiger partial charge < -0.3 is 15.6 Å². The predicted molar refractivity (Wildman–Crippen MR) is 105 cm³/mol. The van der Waals surface area contributed by atoms with E-state index in [1.165, 1.54) is 29.1 Å². The lowest BCUT2D eigenvalue weighted by Gasteiger charge is -2.12. The molecule has 0 aliphatic rings. The quantitative estimate of drug-likeness (QED) is 0.267. The van der Waals surface area contributed by atoms with Crippen LogP contribution in [0.15, 0.2) is 40.1 Å². The van der Waals surface area contributed by atoms with Crippen molar-refractivity contribution < 1.29 is 14.1 Å². The summed E-state index contributed by atoms with van der Waals surface area (Å²) in [7, 11) is 0. The summed E-state index contributed by atoms with van der Waals surface area (Å²) >= 11 is 7.09. The molecule has 12 heteroatoms. The molecule has 1 unspecified atom stereocenters. The highest BCUT2D eigenvalue weighted by atomic mass is 35.5. The summed E-state index contributed by atoms with van der Waals surface area (Å²) in [5.74, 6) is 6.67. The maximum atomic E-state index is 12.5. The van der Waals surface area contributed by atoms with Crippen molar-refractivity contribution in [1.82, 2.24) is 14.9 Å². The number of nitrogens with one attached hydrogen (secondary N) is 1. The third kappa shape index (κ3) is 3.94. The molecule has 3 rings (SSSR count). The van der Waals surface area contributed by atoms with E-state index in [1.54, 1.807) is 19.9 Å². The van der Waals surface area contributed by atoms with Crippen molar-refractivity contribution >= 4 is 40.6 Å². The number of carbonyl (C=O) groups is 1. The fourth-order valence-corrected chi connectivity index (χ4v) is 3.26. The monoisotopic (exact) mass is 422 g/mol. The highest BCUT2D eigenvalue weighted by Crippen LogP contribution is 2.30. The second-order valence-corrected chi connectivity index (χ2v) is 7.45. The molecule has 0 radical (unpaired) electrons. The lowest BCUT2D eigenvalue weighted by atomic mass is 10.2. The fraction of sp³-hybridized carbons (Fsp3) is 0.188. The number of nitrogen functional groups attached to an aromatic ring is 1. The first-order valence-corrected chi connectivity index (χ1v) is 9.20. The molecule has 2 aromatic heterocycles. The molecule has 0 aliphatic heterocycles. The van der Waals surface area contributed by atoms with Crippen LogP contribution in [0.1, 0.15) is 12.7 Å². The van der Waals surface area contributed by atoms with Crippen LogP contribution in [0.3, 0.4) is 0 Å². The third-order valence-electron chi connectivity index (χ3n) is 3.83. The molecule has 28 heavy (non-hydrogen) atoms. The first kappa shape index (κ1) is 19.7. The van der Waals surface area contributed by atoms with Crippen molar-refractivity contribution in [2.24, 2.45) is 0 Å². The van der Waals surface area contributed by atoms with Crippen LogP contribution in [0.2, 0.25) is 5.02 Å². The summed E-state index contributed by atoms with van der Waals surface area (Å²) in [4.78, 5) is 22.8. The molecule has 0 fully saturated rings. The zero-order valence-corrected chi connectivity index (χ0v) is 16.3. The lowest BCUT2D eigenvalue weighted by molar-refractivity contribution is -0.384. The molecule has 2 heterocycles. The summed E-state index contributed by atoms with van der Waals surface area (Å²) in [6, 6.07) is 5.52. The number of aromatic nitrogens is 3. The number of hydrogen-bond acceptors (Lipinski definition) is 8. The van der Waals surface area contributed by atoms with Gasteiger partial charge in [-0.3, -0.25) is 14.9 Å². The Kier molecular flexibility index (Phi) is 5.56. The van der Waals surface area contributed by atoms with Crippen LogP contribution < -0.4 is 11.2 Å². The Bertz CT molecular complexity index is 1050. The third-order valence-corrected chi connectivity index (χ3v) is 5.22. The van der Waals surface area contributed by atoms with Crippen molar-refractivity contribution in [2.75, 3.05) is 11.2 Å². The predicted octanol–water partition coefficient (Wildman–Crippen LogP) is 3.24. The van der Waals surface area contributed by atoms with E-state index < -0.39 is 16.1 Å². The van der Waals surface area contributed by atoms with Crippen LogP contribution in [-0.2, 0) is 4.79 Å². The van der Waals surface area contributed by atoms with E-state index in [-0.39, 0.29) is 16.4 Å². The van der Waals surface area contributed by atoms with E-state index in [0.29, 0.717) is 22.3 Å². The highest BCUT2D eigenvalue weighted by Gasteiger charge is 2.22. The van der Waals surface area contributed by atoms with Crippen LogP contribution in [0.4, 0.5) is 11.4 Å². The minimum atomic E-state index is -0.625. The van der Waals surface area contributed by atoms with Crippen molar-refractivity contribution in [3.05, 3.63) is 51.4 Å². The molecule has 10 nitrogen and oxygen atoms in total. The van der Waals surface area contributed by atoms with Gasteiger partial charge in [0.15, 0.2) is 5.82 Å². The molecule has 3 N–H and O–H groups in total. The Morgan fingerprint density at radius 1 is 1.43 bits per heavy atom. The summed E-state index contributed by atoms with van der Waals surface area (Å²) in [6.45, 7) is 3.42. The second kappa shape index (κ2) is 7.90. The Morgan fingerprint density at radius 2 is 2.18 bits per heavy atom. The number of non-ortho nitro benzene ring substituents is 1. The number of rotatable bonds is 6. The number of halogens is 1. The van der Waals surface area contributed by atoms with E-state index in [4.69, 9.17) is 21.9 Å². The highest BCUT2D eigenvalue weighted by molar-refractivity contribution is 8.00. The zero-order chi connectivity index (χ0) is 20.4. The molecule has 0 spiro atoms. The van der Waals surface area contributed by atoms with Gasteiger partial charge in [-0.15, -0.1) is 10.2 Å². The number of nitrogens with zero attached hydrogens (tertiary/aromatic N) is 4. The summed E-state index contributed by atoms with van der Waals surface area (Å²) in [5, 5.41) is 21.4. The van der Waals surface area contributed by atoms with E-state index >= 15 is 0 Å². The van der Waals surface area contributed by atoms with Gasteiger partial charge in [0.1, 0.15) is 5.76 Å². The first-order valence-electron chi connectivity index (χ1n) is 7.94. The van der Waals surface area contributed by atoms with Crippen molar-refractivity contribution in [2.45, 2.75) is 24.3 Å². The maximum Gasteiger partial charge on any atom is 0.271 e. The molecule has 3 aromatic rings. The molecular weight excluding hydrogens is 408 g/mol. The van der Waals surface area contributed by atoms with Crippen molar-refractivity contribution in [3.8, 4) is 11.4 Å². The number of furan rings is 1. The molecule has 146 valence electrons. The van der Waals surface area contributed by atoms with E-state index in [2.05, 4.69) is 15.5 Å². The van der Waals surface area contributed by atoms with Crippen LogP contribution in [0.25, 0.3) is 11.4 Å². The smallest absolute Gasteiger partial charge is 0.271 e. The van der Waals surface area contributed by atoms with Gasteiger partial charge >= 0.3 is 0 Å². The first-order chi connectivity index (χ1) is 13.3. The molecule has 1 amide bonds. The van der Waals surface area contributed by atoms with Gasteiger partial charge in [0.25, 0.3) is 5.69 Å². The SMILES string of the molecule is Cc1occc1-c1nnc(SC(C)C(=O)Nc2cc([N+](=O)[O-])ccc2Cl)n1N. The lowest BCUT2D eigenvalue weighted by Crippen LogP contribution is -2.24. The molecule has 0 bridgehead atoms. The van der Waals surface area contributed by atoms with Crippen LogP contribution >= 0.6 is 23.4 Å². The number of nitro groups is 1. The van der Waals surface area contributed by atoms with Gasteiger partial charge in [-0.05, 0) is 26.0 Å². The Labute approximate surface area is 168 Å². The summed E-state index contributed by atoms with van der Waals surface area (Å²) < 4.78 is 6.51. The Balaban J connectivity index is 1.74. The van der Waals surface area contributed by atoms with Gasteiger partial charge in [0.2, 0.25) is 11.1 Å². The standard InChI is InChI=1S/C16H15ClN6O4S/c1-8-11(5-6-27-8)14-20-21-16(22(14)18)28-9(2)15(24)19-13-7-10(23(25)26)3-4-12(13)17/h3-7,9H,18H2,1-2H3,(H,19,24). The second-order valence-electron chi connectivity index (χ2n) is 5.74. The topological polar surface area (TPSA) is 142 Å². The molecule has 0 saturated heterocycles. The van der Waals surface area contributed by atoms with Gasteiger partial charge in [-0.25, -0.2) is 4.68 Å². The van der Waals surface area contributed by atoms with E-state index in [9.17, 15) is 14.9 Å².